The van der Waals surface area contributed by atoms with Crippen LogP contribution in [0.2, 0.25) is 0 Å². The predicted molar refractivity (Wildman–Crippen MR) is 76.4 cm³/mol. The van der Waals surface area contributed by atoms with E-state index in [0.29, 0.717) is 12.1 Å². The van der Waals surface area contributed by atoms with E-state index >= 15 is 0 Å². The van der Waals surface area contributed by atoms with Gasteiger partial charge in [-0.25, -0.2) is 0 Å². The van der Waals surface area contributed by atoms with Gasteiger partial charge in [0.2, 0.25) is 0 Å². The monoisotopic (exact) mass is 276 g/mol. The summed E-state index contributed by atoms with van der Waals surface area (Å²) in [5, 5.41) is 3.55. The van der Waals surface area contributed by atoms with Crippen LogP contribution in [-0.4, -0.2) is 36.2 Å². The van der Waals surface area contributed by atoms with E-state index in [4.69, 9.17) is 9.15 Å². The Morgan fingerprint density at radius 2 is 2.20 bits per heavy atom. The van der Waals surface area contributed by atoms with Crippen LogP contribution in [-0.2, 0) is 17.8 Å². The highest BCUT2D eigenvalue weighted by atomic mass is 16.5. The minimum absolute atomic E-state index is 0.476. The van der Waals surface area contributed by atoms with Crippen LogP contribution in [0.15, 0.2) is 16.7 Å². The van der Waals surface area contributed by atoms with E-state index in [2.05, 4.69) is 16.3 Å². The van der Waals surface area contributed by atoms with Crippen LogP contribution >= 0.6 is 0 Å². The van der Waals surface area contributed by atoms with Gasteiger partial charge in [0.1, 0.15) is 5.76 Å². The average molecular weight is 276 g/mol. The second-order valence-corrected chi connectivity index (χ2v) is 6.40. The third kappa shape index (κ3) is 2.65. The minimum Gasteiger partial charge on any atom is -0.468 e. The average Bonchev–Trinajstić information content (AvgIpc) is 2.99. The number of nitrogens with one attached hydrogen (secondary N) is 1. The molecule has 20 heavy (non-hydrogen) atoms. The van der Waals surface area contributed by atoms with Gasteiger partial charge in [-0.15, -0.1) is 0 Å². The summed E-state index contributed by atoms with van der Waals surface area (Å²) < 4.78 is 11.6. The van der Waals surface area contributed by atoms with Gasteiger partial charge in [0.15, 0.2) is 0 Å². The molecule has 2 atom stereocenters. The second kappa shape index (κ2) is 5.51. The van der Waals surface area contributed by atoms with E-state index in [1.165, 1.54) is 37.7 Å². The number of ether oxygens (including phenoxy) is 1. The molecule has 1 N–H and O–H groups in total. The van der Waals surface area contributed by atoms with Gasteiger partial charge in [0.25, 0.3) is 0 Å². The molecule has 1 aromatic rings. The number of hydrogen-bond acceptors (Lipinski definition) is 4. The smallest absolute Gasteiger partial charge is 0.122 e. The Labute approximate surface area is 120 Å². The van der Waals surface area contributed by atoms with Crippen LogP contribution in [0.3, 0.4) is 0 Å². The van der Waals surface area contributed by atoms with Gasteiger partial charge >= 0.3 is 0 Å². The first-order valence-electron chi connectivity index (χ1n) is 8.04. The van der Waals surface area contributed by atoms with Gasteiger partial charge < -0.3 is 14.5 Å². The normalized spacial score (nSPS) is 30.6. The van der Waals surface area contributed by atoms with Crippen molar-refractivity contribution in [1.82, 2.24) is 10.2 Å². The van der Waals surface area contributed by atoms with Crippen LogP contribution in [0.1, 0.15) is 43.4 Å². The lowest BCUT2D eigenvalue weighted by Gasteiger charge is -2.37. The maximum atomic E-state index is 5.89. The molecule has 3 aliphatic rings. The summed E-state index contributed by atoms with van der Waals surface area (Å²) in [6.07, 6.45) is 8.80. The van der Waals surface area contributed by atoms with E-state index in [-0.39, 0.29) is 0 Å². The van der Waals surface area contributed by atoms with Gasteiger partial charge in [-0.3, -0.25) is 4.90 Å². The van der Waals surface area contributed by atoms with Crippen LogP contribution in [0.25, 0.3) is 0 Å². The highest BCUT2D eigenvalue weighted by molar-refractivity contribution is 5.17. The first-order valence-corrected chi connectivity index (χ1v) is 8.04. The second-order valence-electron chi connectivity index (χ2n) is 6.40. The van der Waals surface area contributed by atoms with Crippen molar-refractivity contribution in [2.75, 3.05) is 13.2 Å². The maximum absolute atomic E-state index is 5.89. The Morgan fingerprint density at radius 1 is 1.25 bits per heavy atom. The Balaban J connectivity index is 1.41. The van der Waals surface area contributed by atoms with Crippen LogP contribution in [0.5, 0.6) is 0 Å². The Morgan fingerprint density at radius 3 is 3.10 bits per heavy atom. The first kappa shape index (κ1) is 12.9. The van der Waals surface area contributed by atoms with Gasteiger partial charge in [-0.05, 0) is 38.2 Å². The largest absolute Gasteiger partial charge is 0.468 e. The zero-order chi connectivity index (χ0) is 13.4. The number of morpholine rings is 1. The van der Waals surface area contributed by atoms with Crippen molar-refractivity contribution >= 4 is 0 Å². The minimum atomic E-state index is 0.476. The number of hydrogen-bond donors (Lipinski definition) is 1. The molecule has 2 unspecified atom stereocenters. The Hall–Kier alpha value is -0.840. The Bertz CT molecular complexity index is 455. The van der Waals surface area contributed by atoms with E-state index < -0.39 is 0 Å². The summed E-state index contributed by atoms with van der Waals surface area (Å²) in [4.78, 5) is 2.60. The quantitative estimate of drug-likeness (QED) is 0.895. The Kier molecular flexibility index (Phi) is 3.54. The molecule has 1 aliphatic heterocycles. The molecule has 0 bridgehead atoms. The van der Waals surface area contributed by atoms with Crippen molar-refractivity contribution in [3.8, 4) is 0 Å². The van der Waals surface area contributed by atoms with Crippen LogP contribution in [0.4, 0.5) is 0 Å². The van der Waals surface area contributed by atoms with E-state index in [0.717, 1.165) is 38.0 Å². The fraction of sp³-hybridized carbons (Fsp3) is 0.750. The molecule has 1 saturated heterocycles. The summed E-state index contributed by atoms with van der Waals surface area (Å²) >= 11 is 0. The van der Waals surface area contributed by atoms with Crippen molar-refractivity contribution in [3.63, 3.8) is 0 Å². The van der Waals surface area contributed by atoms with E-state index in [9.17, 15) is 0 Å². The van der Waals surface area contributed by atoms with Gasteiger partial charge in [0, 0.05) is 30.7 Å². The zero-order valence-corrected chi connectivity index (χ0v) is 12.0. The molecule has 2 saturated carbocycles. The molecular weight excluding hydrogens is 252 g/mol. The maximum Gasteiger partial charge on any atom is 0.122 e. The lowest BCUT2D eigenvalue weighted by molar-refractivity contribution is -0.0589. The first-order chi connectivity index (χ1) is 9.90. The molecule has 2 aliphatic carbocycles. The van der Waals surface area contributed by atoms with Crippen molar-refractivity contribution in [3.05, 3.63) is 23.7 Å². The molecule has 0 amide bonds. The number of fused-ring (bicyclic) bond motifs is 1. The molecule has 2 heterocycles. The topological polar surface area (TPSA) is 37.6 Å². The van der Waals surface area contributed by atoms with Crippen molar-refractivity contribution in [2.45, 2.75) is 63.4 Å². The summed E-state index contributed by atoms with van der Waals surface area (Å²) in [5.74, 6) is 1.12. The molecule has 0 aromatic carbocycles. The van der Waals surface area contributed by atoms with Gasteiger partial charge in [0.05, 0.1) is 25.5 Å². The fourth-order valence-electron chi connectivity index (χ4n) is 3.61. The lowest BCUT2D eigenvalue weighted by Crippen LogP contribution is -2.47. The highest BCUT2D eigenvalue weighted by Gasteiger charge is 2.36. The van der Waals surface area contributed by atoms with Crippen molar-refractivity contribution < 1.29 is 9.15 Å². The molecule has 110 valence electrons. The van der Waals surface area contributed by atoms with E-state index in [1.807, 2.05) is 6.26 Å². The summed E-state index contributed by atoms with van der Waals surface area (Å²) in [6, 6.07) is 3.50. The third-order valence-corrected chi connectivity index (χ3v) is 4.94. The predicted octanol–water partition coefficient (Wildman–Crippen LogP) is 2.28. The standard InChI is InChI=1S/C16H24N2O2/c1-2-14-15(3-1)20-9-7-18(14)11-12-6-8-19-16(12)10-17-13-4-5-13/h6,8,13-15,17H,1-5,7,9-11H2. The highest BCUT2D eigenvalue weighted by Crippen LogP contribution is 2.31. The number of nitrogens with zero attached hydrogens (tertiary/aromatic N) is 1. The summed E-state index contributed by atoms with van der Waals surface area (Å²) in [7, 11) is 0. The van der Waals surface area contributed by atoms with Gasteiger partial charge in [-0.1, -0.05) is 0 Å². The number of rotatable bonds is 5. The van der Waals surface area contributed by atoms with E-state index in [1.54, 1.807) is 0 Å². The molecule has 4 nitrogen and oxygen atoms in total. The zero-order valence-electron chi connectivity index (χ0n) is 12.0. The molecule has 4 heteroatoms. The molecule has 1 aromatic heterocycles. The molecule has 3 fully saturated rings. The molecular formula is C16H24N2O2. The lowest BCUT2D eigenvalue weighted by atomic mass is 10.1. The van der Waals surface area contributed by atoms with Crippen molar-refractivity contribution in [2.24, 2.45) is 0 Å². The molecule has 4 rings (SSSR count). The van der Waals surface area contributed by atoms with Gasteiger partial charge in [-0.2, -0.15) is 0 Å². The summed E-state index contributed by atoms with van der Waals surface area (Å²) in [6.45, 7) is 3.84. The summed E-state index contributed by atoms with van der Waals surface area (Å²) in [5.41, 5.74) is 1.35. The van der Waals surface area contributed by atoms with Crippen LogP contribution < -0.4 is 5.32 Å². The third-order valence-electron chi connectivity index (χ3n) is 4.94. The molecule has 0 radical (unpaired) electrons. The fourth-order valence-corrected chi connectivity index (χ4v) is 3.61. The SMILES string of the molecule is c1cc(CN2CCOC3CCCC32)c(CNC2CC2)o1. The molecule has 0 spiro atoms. The number of furan rings is 1. The van der Waals surface area contributed by atoms with Crippen molar-refractivity contribution in [1.29, 1.82) is 0 Å². The van der Waals surface area contributed by atoms with Crippen LogP contribution in [0, 0.1) is 0 Å².